The number of carbonyl (C=O) groups is 1. The molecular weight excluding hydrogens is 276 g/mol. The maximum Gasteiger partial charge on any atom is 0.345 e. The van der Waals surface area contributed by atoms with Crippen LogP contribution in [-0.4, -0.2) is 30.7 Å². The smallest absolute Gasteiger partial charge is 0.345 e. The minimum Gasteiger partial charge on any atom is -0.459 e. The van der Waals surface area contributed by atoms with Crippen LogP contribution in [0.2, 0.25) is 0 Å². The first-order valence-corrected chi connectivity index (χ1v) is 5.85. The Morgan fingerprint density at radius 3 is 2.50 bits per heavy atom. The summed E-state index contributed by atoms with van der Waals surface area (Å²) in [7, 11) is 0. The highest BCUT2D eigenvalue weighted by molar-refractivity contribution is 5.93. The van der Waals surface area contributed by atoms with Gasteiger partial charge in [0.15, 0.2) is 11.6 Å². The molecule has 6 nitrogen and oxygen atoms in total. The summed E-state index contributed by atoms with van der Waals surface area (Å²) in [6.45, 7) is 2.38. The molecule has 0 atom stereocenters. The predicted molar refractivity (Wildman–Crippen MR) is 64.4 cm³/mol. The van der Waals surface area contributed by atoms with Crippen molar-refractivity contribution >= 4 is 11.7 Å². The fourth-order valence-corrected chi connectivity index (χ4v) is 1.37. The van der Waals surface area contributed by atoms with Crippen LogP contribution in [0.3, 0.4) is 0 Å². The van der Waals surface area contributed by atoms with E-state index in [0.717, 1.165) is 6.42 Å². The third-order valence-electron chi connectivity index (χ3n) is 2.26. The standard InChI is InChI=1S/C12H13F2NO5/c1-2-3-19-4-5-20-12(16)8-6-9(13)10(14)7-11(8)15(17)18/h6-7H,2-5H2,1H3. The largest absolute Gasteiger partial charge is 0.459 e. The minimum atomic E-state index is -1.40. The van der Waals surface area contributed by atoms with Crippen molar-refractivity contribution in [2.24, 2.45) is 0 Å². The van der Waals surface area contributed by atoms with Crippen LogP contribution >= 0.6 is 0 Å². The molecule has 0 N–H and O–H groups in total. The quantitative estimate of drug-likeness (QED) is 0.333. The molecule has 0 aliphatic rings. The summed E-state index contributed by atoms with van der Waals surface area (Å²) in [5, 5.41) is 10.7. The molecule has 0 aromatic heterocycles. The lowest BCUT2D eigenvalue weighted by Gasteiger charge is -2.06. The molecule has 0 fully saturated rings. The Hall–Kier alpha value is -2.09. The van der Waals surface area contributed by atoms with Crippen LogP contribution in [0.5, 0.6) is 0 Å². The summed E-state index contributed by atoms with van der Waals surface area (Å²) in [5.41, 5.74) is -1.48. The molecule has 0 aliphatic carbocycles. The van der Waals surface area contributed by atoms with E-state index in [1.807, 2.05) is 6.92 Å². The van der Waals surface area contributed by atoms with Crippen molar-refractivity contribution in [1.82, 2.24) is 0 Å². The average Bonchev–Trinajstić information content (AvgIpc) is 2.40. The average molecular weight is 289 g/mol. The monoisotopic (exact) mass is 289 g/mol. The van der Waals surface area contributed by atoms with Crippen molar-refractivity contribution in [3.63, 3.8) is 0 Å². The van der Waals surface area contributed by atoms with Crippen molar-refractivity contribution in [2.75, 3.05) is 19.8 Å². The molecule has 0 saturated heterocycles. The molecule has 0 heterocycles. The van der Waals surface area contributed by atoms with Crippen LogP contribution in [0.15, 0.2) is 12.1 Å². The number of nitrogens with zero attached hydrogens (tertiary/aromatic N) is 1. The molecule has 1 rings (SSSR count). The van der Waals surface area contributed by atoms with Gasteiger partial charge in [0.25, 0.3) is 5.69 Å². The molecule has 1 aromatic carbocycles. The van der Waals surface area contributed by atoms with Crippen LogP contribution in [0.4, 0.5) is 14.5 Å². The maximum atomic E-state index is 13.0. The van der Waals surface area contributed by atoms with E-state index in [1.165, 1.54) is 0 Å². The highest BCUT2D eigenvalue weighted by atomic mass is 19.2. The molecule has 1 aromatic rings. The Balaban J connectivity index is 2.76. The van der Waals surface area contributed by atoms with Gasteiger partial charge in [0.2, 0.25) is 0 Å². The Bertz CT molecular complexity index is 507. The molecule has 0 unspecified atom stereocenters. The van der Waals surface area contributed by atoms with E-state index in [-0.39, 0.29) is 13.2 Å². The predicted octanol–water partition coefficient (Wildman–Crippen LogP) is 2.46. The number of hydrogen-bond donors (Lipinski definition) is 0. The van der Waals surface area contributed by atoms with Gasteiger partial charge in [-0.25, -0.2) is 13.6 Å². The van der Waals surface area contributed by atoms with Crippen molar-refractivity contribution in [2.45, 2.75) is 13.3 Å². The highest BCUT2D eigenvalue weighted by Gasteiger charge is 2.24. The molecule has 0 bridgehead atoms. The first kappa shape index (κ1) is 16.0. The van der Waals surface area contributed by atoms with Gasteiger partial charge in [0, 0.05) is 6.61 Å². The molecule has 0 saturated carbocycles. The van der Waals surface area contributed by atoms with Crippen LogP contribution in [0.25, 0.3) is 0 Å². The van der Waals surface area contributed by atoms with E-state index in [0.29, 0.717) is 18.7 Å². The number of hydrogen-bond acceptors (Lipinski definition) is 5. The number of nitro groups is 1. The fourth-order valence-electron chi connectivity index (χ4n) is 1.37. The zero-order chi connectivity index (χ0) is 15.1. The summed E-state index contributed by atoms with van der Waals surface area (Å²) in [6.07, 6.45) is 0.794. The molecule has 110 valence electrons. The van der Waals surface area contributed by atoms with Crippen molar-refractivity contribution in [3.8, 4) is 0 Å². The number of halogens is 2. The van der Waals surface area contributed by atoms with Crippen LogP contribution in [-0.2, 0) is 9.47 Å². The third-order valence-corrected chi connectivity index (χ3v) is 2.26. The SMILES string of the molecule is CCCOCCOC(=O)c1cc(F)c(F)cc1[N+](=O)[O-]. The molecule has 0 radical (unpaired) electrons. The second-order valence-corrected chi connectivity index (χ2v) is 3.79. The molecule has 8 heteroatoms. The number of esters is 1. The van der Waals surface area contributed by atoms with Crippen LogP contribution < -0.4 is 0 Å². The summed E-state index contributed by atoms with van der Waals surface area (Å²) < 4.78 is 35.7. The maximum absolute atomic E-state index is 13.0. The highest BCUT2D eigenvalue weighted by Crippen LogP contribution is 2.23. The molecule has 0 aliphatic heterocycles. The number of ether oxygens (including phenoxy) is 2. The summed E-state index contributed by atoms with van der Waals surface area (Å²) in [5.74, 6) is -3.86. The first-order valence-electron chi connectivity index (χ1n) is 5.85. The van der Waals surface area contributed by atoms with E-state index < -0.39 is 33.8 Å². The Morgan fingerprint density at radius 1 is 1.25 bits per heavy atom. The molecule has 0 amide bonds. The number of carbonyl (C=O) groups excluding carboxylic acids is 1. The fraction of sp³-hybridized carbons (Fsp3) is 0.417. The number of rotatable bonds is 7. The Kier molecular flexibility index (Phi) is 5.98. The Morgan fingerprint density at radius 2 is 1.90 bits per heavy atom. The lowest BCUT2D eigenvalue weighted by atomic mass is 10.1. The topological polar surface area (TPSA) is 78.7 Å². The van der Waals surface area contributed by atoms with Gasteiger partial charge >= 0.3 is 5.97 Å². The Labute approximate surface area is 113 Å². The van der Waals surface area contributed by atoms with Gasteiger partial charge in [-0.15, -0.1) is 0 Å². The van der Waals surface area contributed by atoms with Crippen LogP contribution in [0.1, 0.15) is 23.7 Å². The van der Waals surface area contributed by atoms with E-state index in [1.54, 1.807) is 0 Å². The summed E-state index contributed by atoms with van der Waals surface area (Å²) in [4.78, 5) is 21.3. The van der Waals surface area contributed by atoms with Gasteiger partial charge in [0.1, 0.15) is 12.2 Å². The van der Waals surface area contributed by atoms with E-state index in [4.69, 9.17) is 9.47 Å². The van der Waals surface area contributed by atoms with Gasteiger partial charge in [0.05, 0.1) is 17.6 Å². The van der Waals surface area contributed by atoms with Crippen LogP contribution in [0, 0.1) is 21.7 Å². The van der Waals surface area contributed by atoms with Gasteiger partial charge in [-0.05, 0) is 12.5 Å². The van der Waals surface area contributed by atoms with Crippen molar-refractivity contribution in [3.05, 3.63) is 39.4 Å². The molecule has 20 heavy (non-hydrogen) atoms. The van der Waals surface area contributed by atoms with Gasteiger partial charge in [-0.2, -0.15) is 0 Å². The van der Waals surface area contributed by atoms with Gasteiger partial charge in [-0.1, -0.05) is 6.92 Å². The number of nitro benzene ring substituents is 1. The summed E-state index contributed by atoms with van der Waals surface area (Å²) >= 11 is 0. The first-order chi connectivity index (χ1) is 9.47. The van der Waals surface area contributed by atoms with E-state index in [2.05, 4.69) is 0 Å². The zero-order valence-corrected chi connectivity index (χ0v) is 10.7. The minimum absolute atomic E-state index is 0.122. The molecular formula is C12H13F2NO5. The lowest BCUT2D eigenvalue weighted by molar-refractivity contribution is -0.385. The second kappa shape index (κ2) is 7.49. The van der Waals surface area contributed by atoms with Gasteiger partial charge in [-0.3, -0.25) is 10.1 Å². The third kappa shape index (κ3) is 4.23. The van der Waals surface area contributed by atoms with Crippen molar-refractivity contribution < 1.29 is 28.0 Å². The number of benzene rings is 1. The van der Waals surface area contributed by atoms with E-state index in [9.17, 15) is 23.7 Å². The lowest BCUT2D eigenvalue weighted by Crippen LogP contribution is -2.13. The molecule has 0 spiro atoms. The van der Waals surface area contributed by atoms with Crippen molar-refractivity contribution in [1.29, 1.82) is 0 Å². The van der Waals surface area contributed by atoms with Gasteiger partial charge < -0.3 is 9.47 Å². The summed E-state index contributed by atoms with van der Waals surface area (Å²) in [6, 6.07) is 0.794. The van der Waals surface area contributed by atoms with E-state index >= 15 is 0 Å². The zero-order valence-electron chi connectivity index (χ0n) is 10.7. The normalized spacial score (nSPS) is 10.3. The second-order valence-electron chi connectivity index (χ2n) is 3.79.